The number of nitrogens with one attached hydrogen (secondary N) is 1. The molecule has 4 aromatic carbocycles. The predicted octanol–water partition coefficient (Wildman–Crippen LogP) is 6.97. The summed E-state index contributed by atoms with van der Waals surface area (Å²) in [6, 6.07) is 26.6. The molecule has 0 aliphatic heterocycles. The molecule has 0 aliphatic rings. The van der Waals surface area contributed by atoms with E-state index >= 15 is 0 Å². The lowest BCUT2D eigenvalue weighted by Crippen LogP contribution is -2.54. The maximum Gasteiger partial charge on any atom is 0.264 e. The normalized spacial score (nSPS) is 12.1. The zero-order valence-electron chi connectivity index (χ0n) is 25.7. The largest absolute Gasteiger partial charge is 0.352 e. The van der Waals surface area contributed by atoms with E-state index in [1.54, 1.807) is 48.5 Å². The summed E-state index contributed by atoms with van der Waals surface area (Å²) in [5.41, 5.74) is 3.46. The molecule has 4 aromatic rings. The second-order valence-electron chi connectivity index (χ2n) is 11.3. The van der Waals surface area contributed by atoms with Crippen LogP contribution in [0.25, 0.3) is 0 Å². The second-order valence-corrected chi connectivity index (χ2v) is 14.0. The zero-order valence-corrected chi connectivity index (χ0v) is 28.0. The summed E-state index contributed by atoms with van der Waals surface area (Å²) in [5, 5.41) is 3.69. The van der Waals surface area contributed by atoms with Crippen molar-refractivity contribution in [2.45, 2.75) is 57.6 Å². The first-order valence-electron chi connectivity index (χ1n) is 14.6. The van der Waals surface area contributed by atoms with Crippen molar-refractivity contribution >= 4 is 50.7 Å². The summed E-state index contributed by atoms with van der Waals surface area (Å²) in [4.78, 5) is 29.8. The van der Waals surface area contributed by atoms with Gasteiger partial charge in [-0.05, 0) is 80.8 Å². The summed E-state index contributed by atoms with van der Waals surface area (Å²) in [6.45, 7) is 6.80. The van der Waals surface area contributed by atoms with Gasteiger partial charge in [-0.2, -0.15) is 0 Å². The zero-order chi connectivity index (χ0) is 32.7. The lowest BCUT2D eigenvalue weighted by atomic mass is 10.0. The van der Waals surface area contributed by atoms with Crippen molar-refractivity contribution in [3.63, 3.8) is 0 Å². The van der Waals surface area contributed by atoms with E-state index in [4.69, 9.17) is 23.2 Å². The number of nitrogens with zero attached hydrogens (tertiary/aromatic N) is 2. The Morgan fingerprint density at radius 2 is 1.51 bits per heavy atom. The molecular weight excluding hydrogens is 629 g/mol. The first-order valence-corrected chi connectivity index (χ1v) is 16.8. The summed E-state index contributed by atoms with van der Waals surface area (Å²) >= 11 is 12.7. The highest BCUT2D eigenvalue weighted by Crippen LogP contribution is 2.28. The Morgan fingerprint density at radius 1 is 0.822 bits per heavy atom. The van der Waals surface area contributed by atoms with Gasteiger partial charge < -0.3 is 10.2 Å². The number of hydrogen-bond acceptors (Lipinski definition) is 4. The smallest absolute Gasteiger partial charge is 0.264 e. The average Bonchev–Trinajstić information content (AvgIpc) is 2.98. The fourth-order valence-electron chi connectivity index (χ4n) is 4.92. The van der Waals surface area contributed by atoms with Gasteiger partial charge in [-0.1, -0.05) is 89.4 Å². The van der Waals surface area contributed by atoms with Gasteiger partial charge in [0.25, 0.3) is 10.0 Å². The van der Waals surface area contributed by atoms with Gasteiger partial charge in [0.15, 0.2) is 0 Å². The minimum atomic E-state index is -4.18. The number of hydrogen-bond donors (Lipinski definition) is 1. The molecular formula is C35H37Cl2N3O4S. The van der Waals surface area contributed by atoms with Gasteiger partial charge in [0.1, 0.15) is 12.6 Å². The van der Waals surface area contributed by atoms with Crippen LogP contribution in [0.4, 0.5) is 5.69 Å². The van der Waals surface area contributed by atoms with E-state index in [-0.39, 0.29) is 29.8 Å². The Kier molecular flexibility index (Phi) is 11.3. The highest BCUT2D eigenvalue weighted by atomic mass is 35.5. The molecule has 10 heteroatoms. The molecule has 1 atom stereocenters. The number of carbonyl (C=O) groups is 2. The number of aryl methyl sites for hydroxylation is 2. The number of anilines is 1. The summed E-state index contributed by atoms with van der Waals surface area (Å²) in [7, 11) is -4.18. The molecule has 236 valence electrons. The molecule has 0 aromatic heterocycles. The Balaban J connectivity index is 1.83. The molecule has 0 spiro atoms. The van der Waals surface area contributed by atoms with Gasteiger partial charge in [0.2, 0.25) is 11.8 Å². The third-order valence-electron chi connectivity index (χ3n) is 7.24. The molecule has 1 N–H and O–H groups in total. The van der Waals surface area contributed by atoms with Crippen LogP contribution in [0.3, 0.4) is 0 Å². The van der Waals surface area contributed by atoms with E-state index in [1.807, 2.05) is 64.1 Å². The highest BCUT2D eigenvalue weighted by molar-refractivity contribution is 7.92. The predicted molar refractivity (Wildman–Crippen MR) is 181 cm³/mol. The molecule has 0 radical (unpaired) electrons. The first-order chi connectivity index (χ1) is 21.3. The van der Waals surface area contributed by atoms with E-state index < -0.39 is 28.5 Å². The minimum absolute atomic E-state index is 0.0492. The van der Waals surface area contributed by atoms with Gasteiger partial charge in [-0.15, -0.1) is 0 Å². The molecule has 0 heterocycles. The molecule has 45 heavy (non-hydrogen) atoms. The number of rotatable bonds is 12. The first kappa shape index (κ1) is 34.0. The fraction of sp³-hybridized carbons (Fsp3) is 0.257. The standard InChI is InChI=1S/C35H37Cl2N3O4S/c1-24(2)38-35(42)33(20-27-10-6-5-7-11-27)39(22-28-15-16-29(36)21-32(28)37)34(41)23-40(30-12-8-9-26(4)19-30)45(43,44)31-17-13-25(3)14-18-31/h5-19,21,24,33H,20,22-23H2,1-4H3,(H,38,42)/t33-/m1/s1. The Bertz CT molecular complexity index is 1750. The Morgan fingerprint density at radius 3 is 2.13 bits per heavy atom. The topological polar surface area (TPSA) is 86.8 Å². The average molecular weight is 667 g/mol. The molecule has 0 saturated carbocycles. The molecule has 0 aliphatic carbocycles. The molecule has 0 bridgehead atoms. The van der Waals surface area contributed by atoms with E-state index in [1.165, 1.54) is 17.0 Å². The van der Waals surface area contributed by atoms with Gasteiger partial charge in [0, 0.05) is 29.1 Å². The van der Waals surface area contributed by atoms with Gasteiger partial charge in [0.05, 0.1) is 10.6 Å². The second kappa shape index (κ2) is 15.0. The maximum atomic E-state index is 14.5. The van der Waals surface area contributed by atoms with Crippen LogP contribution < -0.4 is 9.62 Å². The van der Waals surface area contributed by atoms with Crippen LogP contribution in [0, 0.1) is 13.8 Å². The van der Waals surface area contributed by atoms with Crippen LogP contribution in [-0.4, -0.2) is 43.8 Å². The van der Waals surface area contributed by atoms with E-state index in [2.05, 4.69) is 5.32 Å². The van der Waals surface area contributed by atoms with Gasteiger partial charge >= 0.3 is 0 Å². The molecule has 0 saturated heterocycles. The van der Waals surface area contributed by atoms with Crippen molar-refractivity contribution < 1.29 is 18.0 Å². The summed E-state index contributed by atoms with van der Waals surface area (Å²) < 4.78 is 29.4. The molecule has 0 fully saturated rings. The van der Waals surface area contributed by atoms with Crippen LogP contribution in [0.5, 0.6) is 0 Å². The number of sulfonamides is 1. The molecule has 4 rings (SSSR count). The van der Waals surface area contributed by atoms with Crippen LogP contribution >= 0.6 is 23.2 Å². The quantitative estimate of drug-likeness (QED) is 0.177. The van der Waals surface area contributed by atoms with Crippen molar-refractivity contribution in [3.05, 3.63) is 129 Å². The number of amides is 2. The van der Waals surface area contributed by atoms with Crippen molar-refractivity contribution in [1.29, 1.82) is 0 Å². The Labute approximate surface area is 275 Å². The highest BCUT2D eigenvalue weighted by Gasteiger charge is 2.35. The van der Waals surface area contributed by atoms with Crippen LogP contribution in [0.15, 0.2) is 102 Å². The van der Waals surface area contributed by atoms with Crippen LogP contribution in [0.1, 0.15) is 36.1 Å². The number of halogens is 2. The maximum absolute atomic E-state index is 14.5. The fourth-order valence-corrected chi connectivity index (χ4v) is 6.79. The van der Waals surface area contributed by atoms with Gasteiger partial charge in [-0.25, -0.2) is 8.42 Å². The van der Waals surface area contributed by atoms with E-state index in [0.29, 0.717) is 21.3 Å². The third kappa shape index (κ3) is 8.87. The number of benzene rings is 4. The van der Waals surface area contributed by atoms with E-state index in [0.717, 1.165) is 21.0 Å². The lowest BCUT2D eigenvalue weighted by Gasteiger charge is -2.34. The van der Waals surface area contributed by atoms with Crippen molar-refractivity contribution in [2.24, 2.45) is 0 Å². The lowest BCUT2D eigenvalue weighted by molar-refractivity contribution is -0.140. The van der Waals surface area contributed by atoms with E-state index in [9.17, 15) is 18.0 Å². The molecule has 7 nitrogen and oxygen atoms in total. The third-order valence-corrected chi connectivity index (χ3v) is 9.61. The van der Waals surface area contributed by atoms with Crippen molar-refractivity contribution in [3.8, 4) is 0 Å². The Hall–Kier alpha value is -3.85. The van der Waals surface area contributed by atoms with Crippen LogP contribution in [-0.2, 0) is 32.6 Å². The number of carbonyl (C=O) groups excluding carboxylic acids is 2. The van der Waals surface area contributed by atoms with Crippen molar-refractivity contribution in [2.75, 3.05) is 10.8 Å². The summed E-state index contributed by atoms with van der Waals surface area (Å²) in [6.07, 6.45) is 0.200. The monoisotopic (exact) mass is 665 g/mol. The molecule has 2 amide bonds. The van der Waals surface area contributed by atoms with Crippen LogP contribution in [0.2, 0.25) is 10.0 Å². The van der Waals surface area contributed by atoms with Gasteiger partial charge in [-0.3, -0.25) is 13.9 Å². The summed E-state index contributed by atoms with van der Waals surface area (Å²) in [5.74, 6) is -0.936. The molecule has 0 unspecified atom stereocenters. The van der Waals surface area contributed by atoms with Crippen molar-refractivity contribution in [1.82, 2.24) is 10.2 Å². The SMILES string of the molecule is Cc1ccc(S(=O)(=O)N(CC(=O)N(Cc2ccc(Cl)cc2Cl)[C@H](Cc2ccccc2)C(=O)NC(C)C)c2cccc(C)c2)cc1. The minimum Gasteiger partial charge on any atom is -0.352 e.